The van der Waals surface area contributed by atoms with Crippen LogP contribution in [0.25, 0.3) is 0 Å². The van der Waals surface area contributed by atoms with Crippen molar-refractivity contribution in [3.05, 3.63) is 0 Å². The molecule has 4 N–H and O–H groups in total. The van der Waals surface area contributed by atoms with Gasteiger partial charge in [-0.3, -0.25) is 0 Å². The predicted molar refractivity (Wildman–Crippen MR) is 92.8 cm³/mol. The Morgan fingerprint density at radius 1 is 0.833 bits per heavy atom. The first-order valence-electron chi connectivity index (χ1n) is 9.30. The summed E-state index contributed by atoms with van der Waals surface area (Å²) in [7, 11) is 0. The Morgan fingerprint density at radius 3 is 1.79 bits per heavy atom. The van der Waals surface area contributed by atoms with Crippen molar-refractivity contribution in [2.24, 2.45) is 0 Å². The standard InChI is InChI=1S/C18H36O6/c1-2-3-4-5-6-7-8-9-10-11-12-24-16(14-20)18(23)17(22)15(21)13-19/h14-19,21-23H,2-13H2,1H3/t15-,16+,17-,18-/m1/s1. The fourth-order valence-electron chi connectivity index (χ4n) is 2.56. The highest BCUT2D eigenvalue weighted by atomic mass is 16.5. The second kappa shape index (κ2) is 16.0. The summed E-state index contributed by atoms with van der Waals surface area (Å²) in [5.41, 5.74) is 0. The molecular formula is C18H36O6. The van der Waals surface area contributed by atoms with E-state index in [-0.39, 0.29) is 0 Å². The first-order chi connectivity index (χ1) is 11.6. The molecular weight excluding hydrogens is 312 g/mol. The van der Waals surface area contributed by atoms with E-state index in [0.29, 0.717) is 12.9 Å². The summed E-state index contributed by atoms with van der Waals surface area (Å²) in [5.74, 6) is 0. The van der Waals surface area contributed by atoms with Crippen LogP contribution in [0.3, 0.4) is 0 Å². The van der Waals surface area contributed by atoms with Crippen molar-refractivity contribution in [1.82, 2.24) is 0 Å². The normalized spacial score (nSPS) is 16.5. The van der Waals surface area contributed by atoms with Gasteiger partial charge in [0.25, 0.3) is 0 Å². The minimum absolute atomic E-state index is 0.318. The molecule has 0 heterocycles. The predicted octanol–water partition coefficient (Wildman–Crippen LogP) is 1.57. The average Bonchev–Trinajstić information content (AvgIpc) is 2.61. The van der Waals surface area contributed by atoms with E-state index in [0.717, 1.165) is 19.3 Å². The molecule has 0 saturated carbocycles. The smallest absolute Gasteiger partial charge is 0.151 e. The molecule has 0 aliphatic rings. The van der Waals surface area contributed by atoms with E-state index in [1.807, 2.05) is 0 Å². The van der Waals surface area contributed by atoms with Crippen molar-refractivity contribution in [2.75, 3.05) is 13.2 Å². The third-order valence-corrected chi connectivity index (χ3v) is 4.21. The lowest BCUT2D eigenvalue weighted by molar-refractivity contribution is -0.146. The number of aliphatic hydroxyl groups excluding tert-OH is 4. The second-order valence-corrected chi connectivity index (χ2v) is 6.38. The Morgan fingerprint density at radius 2 is 1.33 bits per heavy atom. The largest absolute Gasteiger partial charge is 0.394 e. The quantitative estimate of drug-likeness (QED) is 0.235. The molecule has 0 rings (SSSR count). The van der Waals surface area contributed by atoms with Gasteiger partial charge in [0.1, 0.15) is 24.4 Å². The molecule has 24 heavy (non-hydrogen) atoms. The van der Waals surface area contributed by atoms with Crippen molar-refractivity contribution in [2.45, 2.75) is 95.5 Å². The van der Waals surface area contributed by atoms with E-state index in [1.54, 1.807) is 0 Å². The molecule has 0 aliphatic heterocycles. The van der Waals surface area contributed by atoms with E-state index in [9.17, 15) is 20.1 Å². The molecule has 6 nitrogen and oxygen atoms in total. The topological polar surface area (TPSA) is 107 Å². The van der Waals surface area contributed by atoms with Gasteiger partial charge in [0.05, 0.1) is 6.61 Å². The summed E-state index contributed by atoms with van der Waals surface area (Å²) in [6.45, 7) is 1.84. The van der Waals surface area contributed by atoms with Crippen LogP contribution in [0.4, 0.5) is 0 Å². The van der Waals surface area contributed by atoms with Gasteiger partial charge in [-0.2, -0.15) is 0 Å². The number of hydrogen-bond acceptors (Lipinski definition) is 6. The van der Waals surface area contributed by atoms with Gasteiger partial charge in [-0.25, -0.2) is 0 Å². The number of carbonyl (C=O) groups excluding carboxylic acids is 1. The number of ether oxygens (including phenoxy) is 1. The van der Waals surface area contributed by atoms with Gasteiger partial charge in [-0.05, 0) is 6.42 Å². The van der Waals surface area contributed by atoms with Crippen LogP contribution in [0.15, 0.2) is 0 Å². The Hall–Kier alpha value is -0.530. The van der Waals surface area contributed by atoms with Gasteiger partial charge in [0.2, 0.25) is 0 Å². The number of aldehydes is 1. The van der Waals surface area contributed by atoms with Crippen LogP contribution < -0.4 is 0 Å². The summed E-state index contributed by atoms with van der Waals surface area (Å²) in [6, 6.07) is 0. The van der Waals surface area contributed by atoms with Gasteiger partial charge in [-0.1, -0.05) is 64.7 Å². The summed E-state index contributed by atoms with van der Waals surface area (Å²) in [4.78, 5) is 10.9. The fraction of sp³-hybridized carbons (Fsp3) is 0.944. The maximum Gasteiger partial charge on any atom is 0.151 e. The van der Waals surface area contributed by atoms with Crippen molar-refractivity contribution >= 4 is 6.29 Å². The molecule has 0 aromatic rings. The molecule has 0 saturated heterocycles. The van der Waals surface area contributed by atoms with Crippen LogP contribution in [0.1, 0.15) is 71.1 Å². The van der Waals surface area contributed by atoms with Crippen LogP contribution >= 0.6 is 0 Å². The molecule has 0 bridgehead atoms. The molecule has 0 spiro atoms. The van der Waals surface area contributed by atoms with Gasteiger partial charge in [-0.15, -0.1) is 0 Å². The van der Waals surface area contributed by atoms with Gasteiger partial charge < -0.3 is 30.0 Å². The van der Waals surface area contributed by atoms with Crippen LogP contribution in [-0.2, 0) is 9.53 Å². The fourth-order valence-corrected chi connectivity index (χ4v) is 2.56. The summed E-state index contributed by atoms with van der Waals surface area (Å²) in [6.07, 6.45) is 6.45. The highest BCUT2D eigenvalue weighted by Crippen LogP contribution is 2.11. The molecule has 0 aromatic heterocycles. The van der Waals surface area contributed by atoms with Crippen LogP contribution in [0, 0.1) is 0 Å². The molecule has 0 radical (unpaired) electrons. The second-order valence-electron chi connectivity index (χ2n) is 6.38. The lowest BCUT2D eigenvalue weighted by Gasteiger charge is -2.25. The SMILES string of the molecule is CCCCCCCCCCCCO[C@@H](C=O)[C@@H](O)[C@H](O)[C@H](O)CO. The van der Waals surface area contributed by atoms with E-state index in [2.05, 4.69) is 6.92 Å². The van der Waals surface area contributed by atoms with Crippen molar-refractivity contribution < 1.29 is 30.0 Å². The Kier molecular flexibility index (Phi) is 15.6. The van der Waals surface area contributed by atoms with Crippen LogP contribution in [-0.4, -0.2) is 64.3 Å². The maximum atomic E-state index is 10.9. The highest BCUT2D eigenvalue weighted by molar-refractivity contribution is 5.57. The third-order valence-electron chi connectivity index (χ3n) is 4.21. The Balaban J connectivity index is 3.65. The van der Waals surface area contributed by atoms with E-state index >= 15 is 0 Å². The Bertz CT molecular complexity index is 287. The number of unbranched alkanes of at least 4 members (excludes halogenated alkanes) is 9. The van der Waals surface area contributed by atoms with E-state index < -0.39 is 31.0 Å². The van der Waals surface area contributed by atoms with Crippen molar-refractivity contribution in [3.8, 4) is 0 Å². The number of hydrogen-bond donors (Lipinski definition) is 4. The molecule has 0 amide bonds. The molecule has 0 fully saturated rings. The zero-order chi connectivity index (χ0) is 18.2. The molecule has 0 aliphatic carbocycles. The van der Waals surface area contributed by atoms with E-state index in [4.69, 9.17) is 9.84 Å². The number of aliphatic hydroxyl groups is 4. The Labute approximate surface area is 145 Å². The van der Waals surface area contributed by atoms with Gasteiger partial charge >= 0.3 is 0 Å². The minimum Gasteiger partial charge on any atom is -0.394 e. The minimum atomic E-state index is -1.61. The molecule has 0 aromatic carbocycles. The van der Waals surface area contributed by atoms with Crippen LogP contribution in [0.2, 0.25) is 0 Å². The summed E-state index contributed by atoms with van der Waals surface area (Å²) >= 11 is 0. The average molecular weight is 348 g/mol. The zero-order valence-electron chi connectivity index (χ0n) is 15.0. The molecule has 4 atom stereocenters. The van der Waals surface area contributed by atoms with E-state index in [1.165, 1.54) is 44.9 Å². The zero-order valence-corrected chi connectivity index (χ0v) is 15.0. The lowest BCUT2D eigenvalue weighted by Crippen LogP contribution is -2.47. The molecule has 0 unspecified atom stereocenters. The lowest BCUT2D eigenvalue weighted by atomic mass is 10.0. The highest BCUT2D eigenvalue weighted by Gasteiger charge is 2.31. The van der Waals surface area contributed by atoms with Crippen molar-refractivity contribution in [1.29, 1.82) is 0 Å². The summed E-state index contributed by atoms with van der Waals surface area (Å²) < 4.78 is 5.27. The summed E-state index contributed by atoms with van der Waals surface area (Å²) in [5, 5.41) is 37.3. The molecule has 144 valence electrons. The monoisotopic (exact) mass is 348 g/mol. The van der Waals surface area contributed by atoms with Crippen molar-refractivity contribution in [3.63, 3.8) is 0 Å². The molecule has 6 heteroatoms. The first-order valence-corrected chi connectivity index (χ1v) is 9.30. The number of carbonyl (C=O) groups is 1. The third kappa shape index (κ3) is 11.1. The number of rotatable bonds is 17. The first kappa shape index (κ1) is 23.5. The van der Waals surface area contributed by atoms with Gasteiger partial charge in [0, 0.05) is 6.61 Å². The maximum absolute atomic E-state index is 10.9. The van der Waals surface area contributed by atoms with Gasteiger partial charge in [0.15, 0.2) is 6.29 Å². The van der Waals surface area contributed by atoms with Crippen LogP contribution in [0.5, 0.6) is 0 Å².